The van der Waals surface area contributed by atoms with E-state index < -0.39 is 5.97 Å². The molecule has 0 heterocycles. The Balaban J connectivity index is 0.000000621. The first-order valence-corrected chi connectivity index (χ1v) is 11.0. The van der Waals surface area contributed by atoms with Crippen molar-refractivity contribution < 1.29 is 14.6 Å². The molecule has 0 saturated heterocycles. The van der Waals surface area contributed by atoms with Gasteiger partial charge in [0.2, 0.25) is 0 Å². The molecule has 0 fully saturated rings. The summed E-state index contributed by atoms with van der Waals surface area (Å²) in [6.07, 6.45) is 11.4. The van der Waals surface area contributed by atoms with Crippen molar-refractivity contribution in [2.45, 2.75) is 90.8 Å². The summed E-state index contributed by atoms with van der Waals surface area (Å²) < 4.78 is 5.96. The van der Waals surface area contributed by atoms with Gasteiger partial charge in [0.05, 0.1) is 10.9 Å². The largest absolute Gasteiger partial charge is 0.478 e. The summed E-state index contributed by atoms with van der Waals surface area (Å²) >= 11 is 0. The molecule has 4 heteroatoms. The summed E-state index contributed by atoms with van der Waals surface area (Å²) in [4.78, 5) is 10.2. The average molecular weight is 397 g/mol. The Morgan fingerprint density at radius 2 is 1.41 bits per heavy atom. The molecule has 0 amide bonds. The van der Waals surface area contributed by atoms with Gasteiger partial charge in [0.15, 0.2) is 0 Å². The number of carboxylic acids is 1. The second-order valence-corrected chi connectivity index (χ2v) is 8.57. The van der Waals surface area contributed by atoms with Crippen molar-refractivity contribution in [3.63, 3.8) is 0 Å². The second-order valence-electron chi connectivity index (χ2n) is 7.64. The van der Waals surface area contributed by atoms with Crippen LogP contribution in [0.1, 0.15) is 95.8 Å². The number of methoxy groups -OCH3 is 1. The molecular formula is C23H41O3P. The van der Waals surface area contributed by atoms with Gasteiger partial charge in [0, 0.05) is 7.11 Å². The van der Waals surface area contributed by atoms with Gasteiger partial charge in [0.25, 0.3) is 0 Å². The first kappa shape index (κ1) is 26.1. The number of unbranched alkanes of at least 4 members (excludes halogenated alkanes) is 3. The molecule has 1 rings (SSSR count). The molecule has 27 heavy (non-hydrogen) atoms. The number of hydrogen-bond acceptors (Lipinski definition) is 2. The molecule has 0 aromatic heterocycles. The highest BCUT2D eigenvalue weighted by atomic mass is 31.0. The Morgan fingerprint density at radius 1 is 0.963 bits per heavy atom. The van der Waals surface area contributed by atoms with E-state index in [-0.39, 0.29) is 5.34 Å². The van der Waals surface area contributed by atoms with Crippen LogP contribution in [0.25, 0.3) is 0 Å². The first-order chi connectivity index (χ1) is 12.8. The van der Waals surface area contributed by atoms with Gasteiger partial charge in [-0.05, 0) is 36.8 Å². The molecule has 2 unspecified atom stereocenters. The molecule has 1 aromatic rings. The third-order valence-corrected chi connectivity index (χ3v) is 6.69. The summed E-state index contributed by atoms with van der Waals surface area (Å²) in [7, 11) is 4.94. The van der Waals surface area contributed by atoms with Crippen LogP contribution >= 0.6 is 9.24 Å². The molecule has 3 nitrogen and oxygen atoms in total. The molecule has 2 atom stereocenters. The van der Waals surface area contributed by atoms with Crippen molar-refractivity contribution in [1.29, 1.82) is 0 Å². The zero-order valence-corrected chi connectivity index (χ0v) is 19.2. The monoisotopic (exact) mass is 396 g/mol. The molecule has 0 saturated carbocycles. The van der Waals surface area contributed by atoms with Crippen LogP contribution in [0, 0.1) is 5.41 Å². The highest BCUT2D eigenvalue weighted by Crippen LogP contribution is 2.49. The van der Waals surface area contributed by atoms with E-state index in [9.17, 15) is 4.79 Å². The van der Waals surface area contributed by atoms with E-state index in [1.807, 2.05) is 7.11 Å². The lowest BCUT2D eigenvalue weighted by molar-refractivity contribution is -0.0525. The molecule has 0 radical (unpaired) electrons. The van der Waals surface area contributed by atoms with Gasteiger partial charge < -0.3 is 9.84 Å². The quantitative estimate of drug-likeness (QED) is 0.381. The molecule has 1 N–H and O–H groups in total. The van der Waals surface area contributed by atoms with E-state index in [0.29, 0.717) is 11.0 Å². The fraction of sp³-hybridized carbons (Fsp3) is 0.696. The smallest absolute Gasteiger partial charge is 0.335 e. The highest BCUT2D eigenvalue weighted by Gasteiger charge is 2.43. The Labute approximate surface area is 169 Å². The van der Waals surface area contributed by atoms with E-state index >= 15 is 0 Å². The third-order valence-electron chi connectivity index (χ3n) is 5.47. The minimum atomic E-state index is -0.879. The summed E-state index contributed by atoms with van der Waals surface area (Å²) in [6, 6.07) is 8.30. The fourth-order valence-electron chi connectivity index (χ4n) is 3.35. The molecule has 0 spiro atoms. The zero-order valence-electron chi connectivity index (χ0n) is 18.1. The Bertz CT molecular complexity index is 496. The minimum absolute atomic E-state index is 0.0344. The van der Waals surface area contributed by atoms with Gasteiger partial charge >= 0.3 is 5.97 Å². The number of aromatic carboxylic acids is 1. The SMILES string of the molecule is CCCCC(C)(CCCC)C(P)(CCCC)OC.O=C(O)c1ccccc1. The summed E-state index contributed by atoms with van der Waals surface area (Å²) in [5.74, 6) is -0.879. The first-order valence-electron chi connectivity index (χ1n) is 10.4. The van der Waals surface area contributed by atoms with E-state index in [4.69, 9.17) is 9.84 Å². The van der Waals surface area contributed by atoms with Gasteiger partial charge in [-0.15, -0.1) is 9.24 Å². The standard InChI is InChI=1S/C16H35OP.C7H6O2/c1-6-9-12-15(4,13-10-7-2)16(18,17-5)14-11-8-3;8-7(9)6-4-2-1-3-5-6/h6-14,18H2,1-5H3;1-5H,(H,8,9). The third kappa shape index (κ3) is 9.21. The molecule has 0 bridgehead atoms. The second kappa shape index (κ2) is 14.1. The molecule has 0 aliphatic heterocycles. The number of rotatable bonds is 12. The van der Waals surface area contributed by atoms with E-state index in [1.165, 1.54) is 51.4 Å². The molecular weight excluding hydrogens is 355 g/mol. The zero-order chi connectivity index (χ0) is 20.8. The minimum Gasteiger partial charge on any atom is -0.478 e. The summed E-state index contributed by atoms with van der Waals surface area (Å²) in [5, 5.41) is 8.35. The normalized spacial score (nSPS) is 13.4. The number of hydrogen-bond donors (Lipinski definition) is 1. The van der Waals surface area contributed by atoms with Gasteiger partial charge in [-0.2, -0.15) is 0 Å². The van der Waals surface area contributed by atoms with Crippen molar-refractivity contribution in [2.75, 3.05) is 7.11 Å². The van der Waals surface area contributed by atoms with Crippen LogP contribution < -0.4 is 0 Å². The Kier molecular flexibility index (Phi) is 13.6. The van der Waals surface area contributed by atoms with Crippen LogP contribution in [0.5, 0.6) is 0 Å². The molecule has 1 aromatic carbocycles. The van der Waals surface area contributed by atoms with Crippen molar-refractivity contribution in [2.24, 2.45) is 5.41 Å². The number of carbonyl (C=O) groups is 1. The average Bonchev–Trinajstić information content (AvgIpc) is 2.69. The van der Waals surface area contributed by atoms with Crippen molar-refractivity contribution in [3.05, 3.63) is 35.9 Å². The lowest BCUT2D eigenvalue weighted by Gasteiger charge is -2.46. The van der Waals surface area contributed by atoms with Crippen LogP contribution in [-0.4, -0.2) is 23.5 Å². The van der Waals surface area contributed by atoms with Crippen molar-refractivity contribution in [3.8, 4) is 0 Å². The maximum Gasteiger partial charge on any atom is 0.335 e. The molecule has 0 aliphatic rings. The van der Waals surface area contributed by atoms with Gasteiger partial charge in [-0.25, -0.2) is 4.79 Å². The van der Waals surface area contributed by atoms with Gasteiger partial charge in [0.1, 0.15) is 0 Å². The van der Waals surface area contributed by atoms with Crippen LogP contribution in [-0.2, 0) is 4.74 Å². The van der Waals surface area contributed by atoms with Crippen LogP contribution in [0.2, 0.25) is 0 Å². The summed E-state index contributed by atoms with van der Waals surface area (Å²) in [6.45, 7) is 9.26. The van der Waals surface area contributed by atoms with Crippen molar-refractivity contribution in [1.82, 2.24) is 0 Å². The van der Waals surface area contributed by atoms with Crippen LogP contribution in [0.15, 0.2) is 30.3 Å². The number of carboxylic acid groups (broad SMARTS) is 1. The fourth-order valence-corrected chi connectivity index (χ4v) is 3.85. The molecule has 0 aliphatic carbocycles. The maximum absolute atomic E-state index is 10.2. The van der Waals surface area contributed by atoms with E-state index in [2.05, 4.69) is 36.9 Å². The van der Waals surface area contributed by atoms with Gasteiger partial charge in [-0.1, -0.05) is 84.4 Å². The van der Waals surface area contributed by atoms with Crippen LogP contribution in [0.4, 0.5) is 0 Å². The predicted octanol–water partition coefficient (Wildman–Crippen LogP) is 7.17. The molecule has 156 valence electrons. The highest BCUT2D eigenvalue weighted by molar-refractivity contribution is 7.18. The van der Waals surface area contributed by atoms with Crippen LogP contribution in [0.3, 0.4) is 0 Å². The van der Waals surface area contributed by atoms with Crippen molar-refractivity contribution >= 4 is 15.2 Å². The van der Waals surface area contributed by atoms with E-state index in [1.54, 1.807) is 30.3 Å². The lowest BCUT2D eigenvalue weighted by Crippen LogP contribution is -2.43. The number of benzene rings is 1. The predicted molar refractivity (Wildman–Crippen MR) is 120 cm³/mol. The Hall–Kier alpha value is -0.920. The van der Waals surface area contributed by atoms with E-state index in [0.717, 1.165) is 6.42 Å². The topological polar surface area (TPSA) is 46.5 Å². The Morgan fingerprint density at radius 3 is 1.74 bits per heavy atom. The van der Waals surface area contributed by atoms with Gasteiger partial charge in [-0.3, -0.25) is 0 Å². The number of ether oxygens (including phenoxy) is 1. The summed E-state index contributed by atoms with van der Waals surface area (Å²) in [5.41, 5.74) is 0.630. The lowest BCUT2D eigenvalue weighted by atomic mass is 9.73. The maximum atomic E-state index is 10.2.